The van der Waals surface area contributed by atoms with Gasteiger partial charge < -0.3 is 14.2 Å². The fourth-order valence-corrected chi connectivity index (χ4v) is 4.02. The zero-order chi connectivity index (χ0) is 28.2. The molecule has 2 heterocycles. The van der Waals surface area contributed by atoms with E-state index in [1.54, 1.807) is 6.92 Å². The Labute approximate surface area is 219 Å². The highest BCUT2D eigenvalue weighted by atomic mass is 19.4. The van der Waals surface area contributed by atoms with Crippen molar-refractivity contribution in [3.63, 3.8) is 0 Å². The van der Waals surface area contributed by atoms with Crippen LogP contribution in [-0.2, 0) is 21.8 Å². The minimum Gasteiger partial charge on any atom is -0.476 e. The van der Waals surface area contributed by atoms with Crippen molar-refractivity contribution in [3.8, 4) is 22.7 Å². The van der Waals surface area contributed by atoms with Crippen molar-refractivity contribution in [1.29, 1.82) is 0 Å². The fraction of sp³-hybridized carbons (Fsp3) is 0.385. The Hall–Kier alpha value is -3.58. The summed E-state index contributed by atoms with van der Waals surface area (Å²) in [5.41, 5.74) is -2.48. The number of hydrogen-bond acceptors (Lipinski definition) is 6. The van der Waals surface area contributed by atoms with Crippen LogP contribution in [0.5, 0.6) is 5.88 Å². The molecule has 7 nitrogen and oxygen atoms in total. The Morgan fingerprint density at radius 3 is 2.13 bits per heavy atom. The van der Waals surface area contributed by atoms with Crippen molar-refractivity contribution in [3.05, 3.63) is 65.4 Å². The number of esters is 1. The molecule has 0 saturated carbocycles. The standard InChI is InChI=1S/C26H25F6N3O4/c1-2-38-24(36)22-16-33-35(23(22)39-12-9-34-7-10-37-11-8-34)21-5-3-17(4-6-21)18-13-19(25(27,28)29)15-20(14-18)26(30,31)32/h3-6,13-16H,2,7-12H2,1H3. The van der Waals surface area contributed by atoms with Gasteiger partial charge in [-0.1, -0.05) is 12.1 Å². The molecule has 1 fully saturated rings. The number of nitrogens with zero attached hydrogens (tertiary/aromatic N) is 3. The highest BCUT2D eigenvalue weighted by Gasteiger charge is 2.37. The van der Waals surface area contributed by atoms with E-state index in [1.807, 2.05) is 0 Å². The molecular formula is C26H25F6N3O4. The highest BCUT2D eigenvalue weighted by molar-refractivity contribution is 5.92. The first kappa shape index (κ1) is 28.4. The summed E-state index contributed by atoms with van der Waals surface area (Å²) in [6, 6.07) is 7.06. The number of aromatic nitrogens is 2. The molecule has 2 aromatic carbocycles. The van der Waals surface area contributed by atoms with E-state index in [-0.39, 0.29) is 41.9 Å². The summed E-state index contributed by atoms with van der Waals surface area (Å²) >= 11 is 0. The van der Waals surface area contributed by atoms with Crippen molar-refractivity contribution in [2.24, 2.45) is 0 Å². The average molecular weight is 557 g/mol. The van der Waals surface area contributed by atoms with Crippen LogP contribution in [0.15, 0.2) is 48.7 Å². The van der Waals surface area contributed by atoms with Crippen molar-refractivity contribution in [1.82, 2.24) is 14.7 Å². The SMILES string of the molecule is CCOC(=O)c1cnn(-c2ccc(-c3cc(C(F)(F)F)cc(C(F)(F)F)c3)cc2)c1OCCN1CCOCC1. The van der Waals surface area contributed by atoms with E-state index in [1.165, 1.54) is 35.1 Å². The molecule has 39 heavy (non-hydrogen) atoms. The van der Waals surface area contributed by atoms with E-state index in [0.717, 1.165) is 13.1 Å². The quantitative estimate of drug-likeness (QED) is 0.271. The van der Waals surface area contributed by atoms with E-state index in [9.17, 15) is 31.1 Å². The first-order chi connectivity index (χ1) is 18.5. The molecule has 1 saturated heterocycles. The molecule has 13 heteroatoms. The summed E-state index contributed by atoms with van der Waals surface area (Å²) in [6.45, 7) is 5.25. The fourth-order valence-electron chi connectivity index (χ4n) is 4.02. The second-order valence-corrected chi connectivity index (χ2v) is 8.64. The van der Waals surface area contributed by atoms with Gasteiger partial charge in [-0.15, -0.1) is 0 Å². The first-order valence-electron chi connectivity index (χ1n) is 12.1. The van der Waals surface area contributed by atoms with Crippen LogP contribution >= 0.6 is 0 Å². The van der Waals surface area contributed by atoms with Crippen LogP contribution in [-0.4, -0.2) is 66.7 Å². The second-order valence-electron chi connectivity index (χ2n) is 8.64. The Kier molecular flexibility index (Phi) is 8.50. The van der Waals surface area contributed by atoms with E-state index in [4.69, 9.17) is 14.2 Å². The molecule has 0 aliphatic carbocycles. The molecule has 0 amide bonds. The van der Waals surface area contributed by atoms with Crippen molar-refractivity contribution in [2.75, 3.05) is 46.1 Å². The molecule has 0 bridgehead atoms. The summed E-state index contributed by atoms with van der Waals surface area (Å²) in [7, 11) is 0. The van der Waals surface area contributed by atoms with Gasteiger partial charge in [0.25, 0.3) is 0 Å². The van der Waals surface area contributed by atoms with Crippen LogP contribution in [0, 0.1) is 0 Å². The molecular weight excluding hydrogens is 532 g/mol. The smallest absolute Gasteiger partial charge is 0.416 e. The number of hydrogen-bond donors (Lipinski definition) is 0. The maximum Gasteiger partial charge on any atom is 0.416 e. The molecule has 1 aliphatic heterocycles. The number of benzene rings is 2. The Morgan fingerprint density at radius 1 is 0.949 bits per heavy atom. The third kappa shape index (κ3) is 6.90. The molecule has 4 rings (SSSR count). The third-order valence-electron chi connectivity index (χ3n) is 6.00. The van der Waals surface area contributed by atoms with Gasteiger partial charge in [0.05, 0.1) is 42.8 Å². The number of halogens is 6. The first-order valence-corrected chi connectivity index (χ1v) is 12.1. The molecule has 3 aromatic rings. The molecule has 210 valence electrons. The monoisotopic (exact) mass is 557 g/mol. The molecule has 0 N–H and O–H groups in total. The van der Waals surface area contributed by atoms with Gasteiger partial charge in [-0.2, -0.15) is 31.4 Å². The van der Waals surface area contributed by atoms with Gasteiger partial charge in [-0.05, 0) is 48.4 Å². The number of ether oxygens (including phenoxy) is 3. The Balaban J connectivity index is 1.63. The van der Waals surface area contributed by atoms with Crippen molar-refractivity contribution in [2.45, 2.75) is 19.3 Å². The number of carbonyl (C=O) groups is 1. The summed E-state index contributed by atoms with van der Waals surface area (Å²) in [6.07, 6.45) is -8.64. The van der Waals surface area contributed by atoms with E-state index < -0.39 is 29.4 Å². The Morgan fingerprint density at radius 2 is 1.56 bits per heavy atom. The van der Waals surface area contributed by atoms with Gasteiger partial charge in [0.15, 0.2) is 0 Å². The molecule has 0 radical (unpaired) electrons. The van der Waals surface area contributed by atoms with Gasteiger partial charge in [0.1, 0.15) is 12.2 Å². The van der Waals surface area contributed by atoms with E-state index >= 15 is 0 Å². The lowest BCUT2D eigenvalue weighted by Crippen LogP contribution is -2.38. The lowest BCUT2D eigenvalue weighted by Gasteiger charge is -2.26. The lowest BCUT2D eigenvalue weighted by molar-refractivity contribution is -0.143. The Bertz CT molecular complexity index is 1250. The van der Waals surface area contributed by atoms with Gasteiger partial charge in [0.2, 0.25) is 5.88 Å². The highest BCUT2D eigenvalue weighted by Crippen LogP contribution is 2.39. The summed E-state index contributed by atoms with van der Waals surface area (Å²) < 4.78 is 97.4. The topological polar surface area (TPSA) is 65.8 Å². The molecule has 0 spiro atoms. The summed E-state index contributed by atoms with van der Waals surface area (Å²) in [5.74, 6) is -0.543. The minimum atomic E-state index is -4.96. The molecule has 0 unspecified atom stereocenters. The van der Waals surface area contributed by atoms with Crippen LogP contribution in [0.25, 0.3) is 16.8 Å². The van der Waals surface area contributed by atoms with Crippen LogP contribution in [0.3, 0.4) is 0 Å². The van der Waals surface area contributed by atoms with Gasteiger partial charge in [0, 0.05) is 19.6 Å². The van der Waals surface area contributed by atoms with Crippen LogP contribution in [0.1, 0.15) is 28.4 Å². The largest absolute Gasteiger partial charge is 0.476 e. The number of morpholine rings is 1. The predicted molar refractivity (Wildman–Crippen MR) is 128 cm³/mol. The number of alkyl halides is 6. The van der Waals surface area contributed by atoms with Crippen LogP contribution < -0.4 is 4.74 Å². The number of carbonyl (C=O) groups excluding carboxylic acids is 1. The maximum absolute atomic E-state index is 13.3. The van der Waals surface area contributed by atoms with E-state index in [0.29, 0.717) is 37.6 Å². The molecule has 1 aliphatic rings. The average Bonchev–Trinajstić information content (AvgIpc) is 3.32. The normalized spacial score (nSPS) is 14.8. The predicted octanol–water partition coefficient (Wildman–Crippen LogP) is 5.46. The van der Waals surface area contributed by atoms with Gasteiger partial charge in [-0.3, -0.25) is 4.90 Å². The molecule has 1 aromatic heterocycles. The maximum atomic E-state index is 13.3. The third-order valence-corrected chi connectivity index (χ3v) is 6.00. The van der Waals surface area contributed by atoms with Gasteiger partial charge >= 0.3 is 18.3 Å². The van der Waals surface area contributed by atoms with Crippen molar-refractivity contribution < 1.29 is 45.3 Å². The summed E-state index contributed by atoms with van der Waals surface area (Å²) in [5, 5.41) is 4.21. The van der Waals surface area contributed by atoms with Crippen molar-refractivity contribution >= 4 is 5.97 Å². The van der Waals surface area contributed by atoms with E-state index in [2.05, 4.69) is 10.00 Å². The minimum absolute atomic E-state index is 0.0793. The zero-order valence-corrected chi connectivity index (χ0v) is 20.8. The number of rotatable bonds is 8. The lowest BCUT2D eigenvalue weighted by atomic mass is 9.99. The van der Waals surface area contributed by atoms with Crippen LogP contribution in [0.2, 0.25) is 0 Å². The summed E-state index contributed by atoms with van der Waals surface area (Å²) in [4.78, 5) is 14.6. The van der Waals surface area contributed by atoms with Crippen LogP contribution in [0.4, 0.5) is 26.3 Å². The second kappa shape index (κ2) is 11.7. The molecule has 0 atom stereocenters. The zero-order valence-electron chi connectivity index (χ0n) is 20.8. The van der Waals surface area contributed by atoms with Gasteiger partial charge in [-0.25, -0.2) is 9.48 Å².